The van der Waals surface area contributed by atoms with Gasteiger partial charge in [-0.1, -0.05) is 42.5 Å². The van der Waals surface area contributed by atoms with E-state index in [1.165, 1.54) is 11.7 Å². The Morgan fingerprint density at radius 2 is 1.66 bits per heavy atom. The van der Waals surface area contributed by atoms with Crippen molar-refractivity contribution in [2.75, 3.05) is 18.2 Å². The second-order valence-corrected chi connectivity index (χ2v) is 7.78. The number of nitrogens with zero attached hydrogens (tertiary/aromatic N) is 3. The number of methoxy groups -OCH3 is 1. The summed E-state index contributed by atoms with van der Waals surface area (Å²) in [6.45, 7) is 0. The molecule has 0 atom stereocenters. The van der Waals surface area contributed by atoms with Gasteiger partial charge in [0, 0.05) is 17.4 Å². The molecular weight excluding hydrogens is 442 g/mol. The molecular formula is C27H21N5O3. The van der Waals surface area contributed by atoms with Crippen LogP contribution in [0.2, 0.25) is 0 Å². The number of carbonyl (C=O) groups excluding carboxylic acids is 1. The van der Waals surface area contributed by atoms with Crippen LogP contribution >= 0.6 is 0 Å². The zero-order valence-corrected chi connectivity index (χ0v) is 18.8. The maximum absolute atomic E-state index is 13.4. The van der Waals surface area contributed by atoms with Crippen molar-refractivity contribution in [1.29, 1.82) is 0 Å². The summed E-state index contributed by atoms with van der Waals surface area (Å²) in [6, 6.07) is 25.2. The first-order valence-corrected chi connectivity index (χ1v) is 10.8. The highest BCUT2D eigenvalue weighted by molar-refractivity contribution is 6.06. The van der Waals surface area contributed by atoms with Gasteiger partial charge in [0.2, 0.25) is 11.8 Å². The molecule has 3 N–H and O–H groups in total. The van der Waals surface area contributed by atoms with E-state index in [4.69, 9.17) is 10.5 Å². The Bertz CT molecular complexity index is 1600. The fourth-order valence-electron chi connectivity index (χ4n) is 3.86. The van der Waals surface area contributed by atoms with Gasteiger partial charge in [-0.05, 0) is 48.0 Å². The van der Waals surface area contributed by atoms with Crippen LogP contribution in [0.1, 0.15) is 10.4 Å². The molecule has 1 amide bonds. The molecule has 0 fully saturated rings. The van der Waals surface area contributed by atoms with Gasteiger partial charge in [0.1, 0.15) is 5.56 Å². The lowest BCUT2D eigenvalue weighted by Gasteiger charge is -2.12. The van der Waals surface area contributed by atoms with E-state index in [0.717, 1.165) is 0 Å². The Morgan fingerprint density at radius 3 is 2.37 bits per heavy atom. The topological polar surface area (TPSA) is 112 Å². The summed E-state index contributed by atoms with van der Waals surface area (Å²) in [5.41, 5.74) is 9.19. The van der Waals surface area contributed by atoms with Gasteiger partial charge in [-0.25, -0.2) is 14.5 Å². The van der Waals surface area contributed by atoms with Crippen LogP contribution < -0.4 is 21.3 Å². The minimum Gasteiger partial charge on any atom is -0.480 e. The molecule has 8 heteroatoms. The van der Waals surface area contributed by atoms with Gasteiger partial charge in [-0.15, -0.1) is 0 Å². The first-order valence-electron chi connectivity index (χ1n) is 10.8. The van der Waals surface area contributed by atoms with Crippen LogP contribution in [0.15, 0.2) is 95.9 Å². The number of amides is 1. The van der Waals surface area contributed by atoms with Crippen LogP contribution in [-0.4, -0.2) is 27.6 Å². The van der Waals surface area contributed by atoms with Gasteiger partial charge in [-0.3, -0.25) is 9.59 Å². The molecule has 0 aliphatic rings. The normalized spacial score (nSPS) is 10.8. The third-order valence-electron chi connectivity index (χ3n) is 5.56. The molecule has 8 nitrogen and oxygen atoms in total. The highest BCUT2D eigenvalue weighted by atomic mass is 16.5. The van der Waals surface area contributed by atoms with Crippen molar-refractivity contribution < 1.29 is 9.53 Å². The van der Waals surface area contributed by atoms with Gasteiger partial charge < -0.3 is 15.8 Å². The average molecular weight is 463 g/mol. The number of ether oxygens (including phenoxy) is 1. The van der Waals surface area contributed by atoms with Crippen molar-refractivity contribution in [2.24, 2.45) is 0 Å². The number of pyridine rings is 1. The number of nitrogen functional groups attached to an aromatic ring is 1. The SMILES string of the molecule is COc1ncc(-c2ccc3nc(N)n(-c4ccccc4)c(=O)c3c2)cc1C(=O)Nc1ccccc1. The van der Waals surface area contributed by atoms with Crippen LogP contribution in [0.3, 0.4) is 0 Å². The first-order chi connectivity index (χ1) is 17.0. The van der Waals surface area contributed by atoms with Crippen LogP contribution in [0.4, 0.5) is 11.6 Å². The van der Waals surface area contributed by atoms with E-state index in [1.807, 2.05) is 42.5 Å². The molecule has 0 unspecified atom stereocenters. The summed E-state index contributed by atoms with van der Waals surface area (Å²) in [7, 11) is 1.46. The van der Waals surface area contributed by atoms with Crippen LogP contribution in [0, 0.1) is 0 Å². The number of anilines is 2. The fraction of sp³-hybridized carbons (Fsp3) is 0.0370. The highest BCUT2D eigenvalue weighted by Crippen LogP contribution is 2.27. The Kier molecular flexibility index (Phi) is 5.68. The van der Waals surface area contributed by atoms with Gasteiger partial charge >= 0.3 is 0 Å². The quantitative estimate of drug-likeness (QED) is 0.402. The molecule has 0 saturated carbocycles. The number of aromatic nitrogens is 3. The summed E-state index contributed by atoms with van der Waals surface area (Å²) in [5, 5.41) is 3.24. The largest absolute Gasteiger partial charge is 0.480 e. The van der Waals surface area contributed by atoms with Crippen LogP contribution in [0.25, 0.3) is 27.7 Å². The Labute approximate surface area is 200 Å². The molecule has 5 aromatic rings. The molecule has 0 spiro atoms. The predicted octanol–water partition coefficient (Wildman–Crippen LogP) is 4.29. The third kappa shape index (κ3) is 4.20. The molecule has 0 aliphatic heterocycles. The van der Waals surface area contributed by atoms with Crippen molar-refractivity contribution in [3.63, 3.8) is 0 Å². The fourth-order valence-corrected chi connectivity index (χ4v) is 3.86. The second-order valence-electron chi connectivity index (χ2n) is 7.78. The van der Waals surface area contributed by atoms with Crippen molar-refractivity contribution in [2.45, 2.75) is 0 Å². The van der Waals surface area contributed by atoms with Crippen LogP contribution in [-0.2, 0) is 0 Å². The van der Waals surface area contributed by atoms with E-state index < -0.39 is 0 Å². The minimum absolute atomic E-state index is 0.104. The number of benzene rings is 3. The molecule has 35 heavy (non-hydrogen) atoms. The number of nitrogens with two attached hydrogens (primary N) is 1. The number of hydrogen-bond acceptors (Lipinski definition) is 6. The third-order valence-corrected chi connectivity index (χ3v) is 5.56. The van der Waals surface area contributed by atoms with E-state index in [-0.39, 0.29) is 28.9 Å². The predicted molar refractivity (Wildman–Crippen MR) is 136 cm³/mol. The van der Waals surface area contributed by atoms with E-state index in [0.29, 0.717) is 33.4 Å². The van der Waals surface area contributed by atoms with Crippen molar-refractivity contribution in [1.82, 2.24) is 14.5 Å². The summed E-state index contributed by atoms with van der Waals surface area (Å²) >= 11 is 0. The zero-order valence-electron chi connectivity index (χ0n) is 18.8. The highest BCUT2D eigenvalue weighted by Gasteiger charge is 2.17. The molecule has 3 aromatic carbocycles. The van der Waals surface area contributed by atoms with E-state index in [9.17, 15) is 9.59 Å². The van der Waals surface area contributed by atoms with E-state index in [1.54, 1.807) is 48.7 Å². The summed E-state index contributed by atoms with van der Waals surface area (Å²) in [6.07, 6.45) is 1.60. The lowest BCUT2D eigenvalue weighted by molar-refractivity contribution is 0.102. The monoisotopic (exact) mass is 463 g/mol. The minimum atomic E-state index is -0.357. The number of fused-ring (bicyclic) bond motifs is 1. The molecule has 0 bridgehead atoms. The second kappa shape index (κ2) is 9.11. The summed E-state index contributed by atoms with van der Waals surface area (Å²) < 4.78 is 6.69. The van der Waals surface area contributed by atoms with Crippen molar-refractivity contribution in [3.8, 4) is 22.7 Å². The number of para-hydroxylation sites is 2. The Hall–Kier alpha value is -4.98. The molecule has 0 radical (unpaired) electrons. The molecule has 0 aliphatic carbocycles. The average Bonchev–Trinajstić information content (AvgIpc) is 2.89. The molecule has 5 rings (SSSR count). The Morgan fingerprint density at radius 1 is 0.943 bits per heavy atom. The first kappa shape index (κ1) is 21.8. The lowest BCUT2D eigenvalue weighted by Crippen LogP contribution is -2.23. The summed E-state index contributed by atoms with van der Waals surface area (Å²) in [5.74, 6) is -0.0552. The lowest BCUT2D eigenvalue weighted by atomic mass is 10.0. The van der Waals surface area contributed by atoms with Gasteiger partial charge in [-0.2, -0.15) is 0 Å². The number of rotatable bonds is 5. The number of nitrogens with one attached hydrogen (secondary N) is 1. The molecule has 0 saturated heterocycles. The van der Waals surface area contributed by atoms with Gasteiger partial charge in [0.25, 0.3) is 11.5 Å². The number of hydrogen-bond donors (Lipinski definition) is 2. The summed E-state index contributed by atoms with van der Waals surface area (Å²) in [4.78, 5) is 35.1. The smallest absolute Gasteiger partial charge is 0.267 e. The standard InChI is InChI=1S/C27H21N5O3/c1-35-25-22(24(33)30-19-8-4-2-5-9-19)15-18(16-29-25)17-12-13-23-21(14-17)26(34)32(27(28)31-23)20-10-6-3-7-11-20/h2-16H,1H3,(H2,28,31)(H,30,33). The van der Waals surface area contributed by atoms with Gasteiger partial charge in [0.15, 0.2) is 0 Å². The number of carbonyl (C=O) groups is 1. The van der Waals surface area contributed by atoms with Crippen molar-refractivity contribution >= 4 is 28.4 Å². The molecule has 2 heterocycles. The molecule has 2 aromatic heterocycles. The zero-order chi connectivity index (χ0) is 24.4. The van der Waals surface area contributed by atoms with Crippen LogP contribution in [0.5, 0.6) is 5.88 Å². The maximum atomic E-state index is 13.4. The maximum Gasteiger partial charge on any atom is 0.267 e. The van der Waals surface area contributed by atoms with Gasteiger partial charge in [0.05, 0.1) is 23.7 Å². The van der Waals surface area contributed by atoms with E-state index in [2.05, 4.69) is 15.3 Å². The Balaban J connectivity index is 1.59. The van der Waals surface area contributed by atoms with E-state index >= 15 is 0 Å². The molecule has 172 valence electrons. The van der Waals surface area contributed by atoms with Crippen molar-refractivity contribution in [3.05, 3.63) is 107 Å².